The lowest BCUT2D eigenvalue weighted by molar-refractivity contribution is -0.126. The SMILES string of the molecule is C=CC(=O)N1CCOSN(C(=Nc2cnccc2S(C)=O)c2cc(F)c(-c3c(O)cccc3F)nc2NC=O)CC1. The van der Waals surface area contributed by atoms with Crippen LogP contribution in [0.1, 0.15) is 5.56 Å². The maximum absolute atomic E-state index is 15.7. The molecule has 2 aromatic heterocycles. The number of nitrogens with zero attached hydrogens (tertiary/aromatic N) is 5. The van der Waals surface area contributed by atoms with Gasteiger partial charge in [0.25, 0.3) is 0 Å². The van der Waals surface area contributed by atoms with Crippen molar-refractivity contribution in [2.75, 3.05) is 37.8 Å². The molecule has 2 amide bonds. The molecule has 1 aliphatic heterocycles. The number of phenolic OH excluding ortho intramolecular Hbond substituents is 1. The summed E-state index contributed by atoms with van der Waals surface area (Å²) in [7, 11) is -1.48. The third-order valence-corrected chi connectivity index (χ3v) is 7.59. The maximum atomic E-state index is 15.7. The van der Waals surface area contributed by atoms with Gasteiger partial charge in [0.2, 0.25) is 12.3 Å². The third-order valence-electron chi connectivity index (χ3n) is 5.82. The first-order valence-electron chi connectivity index (χ1n) is 12.0. The Labute approximate surface area is 240 Å². The lowest BCUT2D eigenvalue weighted by Crippen LogP contribution is -2.42. The van der Waals surface area contributed by atoms with Crippen molar-refractivity contribution in [3.05, 3.63) is 72.6 Å². The molecule has 0 saturated carbocycles. The highest BCUT2D eigenvalue weighted by Crippen LogP contribution is 2.35. The number of hydrogen-bond acceptors (Lipinski definition) is 9. The Hall–Kier alpha value is -4.21. The van der Waals surface area contributed by atoms with Crippen molar-refractivity contribution < 1.29 is 31.9 Å². The zero-order valence-electron chi connectivity index (χ0n) is 21.6. The topological polar surface area (TPSA) is 137 Å². The number of benzene rings is 1. The summed E-state index contributed by atoms with van der Waals surface area (Å²) in [6, 6.07) is 5.94. The number of carbonyl (C=O) groups is 2. The summed E-state index contributed by atoms with van der Waals surface area (Å²) in [5, 5.41) is 12.6. The lowest BCUT2D eigenvalue weighted by atomic mass is 10.1. The zero-order valence-corrected chi connectivity index (χ0v) is 23.3. The van der Waals surface area contributed by atoms with Gasteiger partial charge >= 0.3 is 0 Å². The van der Waals surface area contributed by atoms with Gasteiger partial charge in [-0.1, -0.05) is 12.6 Å². The Balaban J connectivity index is 1.93. The summed E-state index contributed by atoms with van der Waals surface area (Å²) in [6.45, 7) is 4.28. The van der Waals surface area contributed by atoms with Gasteiger partial charge in [-0.25, -0.2) is 18.8 Å². The number of aliphatic imine (C=N–C) groups is 1. The number of nitrogens with one attached hydrogen (secondary N) is 1. The third kappa shape index (κ3) is 6.75. The Morgan fingerprint density at radius 2 is 2.07 bits per heavy atom. The number of hydrogen-bond donors (Lipinski definition) is 2. The van der Waals surface area contributed by atoms with Crippen LogP contribution in [0.2, 0.25) is 0 Å². The summed E-state index contributed by atoms with van der Waals surface area (Å²) < 4.78 is 49.9. The van der Waals surface area contributed by atoms with E-state index in [4.69, 9.17) is 4.18 Å². The molecule has 11 nitrogen and oxygen atoms in total. The van der Waals surface area contributed by atoms with Crippen molar-refractivity contribution in [2.45, 2.75) is 4.90 Å². The Morgan fingerprint density at radius 1 is 1.27 bits per heavy atom. The second-order valence-electron chi connectivity index (χ2n) is 8.37. The van der Waals surface area contributed by atoms with Crippen molar-refractivity contribution in [1.29, 1.82) is 0 Å². The first-order chi connectivity index (χ1) is 19.7. The van der Waals surface area contributed by atoms with Gasteiger partial charge in [-0.05, 0) is 30.3 Å². The molecule has 214 valence electrons. The molecule has 1 unspecified atom stereocenters. The normalized spacial score (nSPS) is 15.0. The molecule has 0 spiro atoms. The van der Waals surface area contributed by atoms with Crippen molar-refractivity contribution in [3.8, 4) is 17.0 Å². The van der Waals surface area contributed by atoms with Crippen LogP contribution in [-0.4, -0.2) is 79.1 Å². The molecule has 1 aromatic carbocycles. The Morgan fingerprint density at radius 3 is 2.78 bits per heavy atom. The maximum Gasteiger partial charge on any atom is 0.246 e. The molecular weight excluding hydrogens is 578 g/mol. The van der Waals surface area contributed by atoms with Gasteiger partial charge in [0, 0.05) is 25.5 Å². The molecule has 3 aromatic rings. The second kappa shape index (κ2) is 13.4. The molecule has 0 radical (unpaired) electrons. The second-order valence-corrected chi connectivity index (χ2v) is 10.5. The lowest BCUT2D eigenvalue weighted by Gasteiger charge is -2.31. The van der Waals surface area contributed by atoms with Crippen LogP contribution in [0, 0.1) is 11.6 Å². The van der Waals surface area contributed by atoms with E-state index in [9.17, 15) is 23.3 Å². The minimum absolute atomic E-state index is 0.00246. The number of phenols is 1. The van der Waals surface area contributed by atoms with Crippen molar-refractivity contribution in [1.82, 2.24) is 19.2 Å². The predicted molar refractivity (Wildman–Crippen MR) is 151 cm³/mol. The summed E-state index contributed by atoms with van der Waals surface area (Å²) in [5.41, 5.74) is -0.922. The van der Waals surface area contributed by atoms with Gasteiger partial charge in [-0.3, -0.25) is 27.3 Å². The number of aromatic nitrogens is 2. The largest absolute Gasteiger partial charge is 0.507 e. The first kappa shape index (κ1) is 29.8. The van der Waals surface area contributed by atoms with E-state index in [2.05, 4.69) is 26.9 Å². The minimum atomic E-state index is -1.48. The number of carbonyl (C=O) groups excluding carboxylic acids is 2. The molecule has 0 bridgehead atoms. The summed E-state index contributed by atoms with van der Waals surface area (Å²) in [4.78, 5) is 38.5. The van der Waals surface area contributed by atoms with E-state index in [0.717, 1.165) is 24.4 Å². The smallest absolute Gasteiger partial charge is 0.246 e. The quantitative estimate of drug-likeness (QED) is 0.104. The van der Waals surface area contributed by atoms with Crippen LogP contribution in [0.25, 0.3) is 11.3 Å². The highest BCUT2D eigenvalue weighted by atomic mass is 32.2. The molecular formula is C26H24F2N6O5S2. The van der Waals surface area contributed by atoms with Gasteiger partial charge < -0.3 is 15.3 Å². The van der Waals surface area contributed by atoms with Crippen LogP contribution in [0.4, 0.5) is 20.3 Å². The molecule has 4 rings (SSSR count). The fourth-order valence-corrected chi connectivity index (χ4v) is 5.20. The highest BCUT2D eigenvalue weighted by Gasteiger charge is 2.27. The van der Waals surface area contributed by atoms with Crippen molar-refractivity contribution >= 4 is 52.7 Å². The van der Waals surface area contributed by atoms with Crippen LogP contribution < -0.4 is 5.32 Å². The number of anilines is 1. The van der Waals surface area contributed by atoms with Crippen LogP contribution in [0.15, 0.2) is 65.3 Å². The molecule has 1 atom stereocenters. The number of aromatic hydroxyl groups is 1. The van der Waals surface area contributed by atoms with Crippen LogP contribution in [0.5, 0.6) is 5.75 Å². The fourth-order valence-electron chi connectivity index (χ4n) is 3.91. The van der Waals surface area contributed by atoms with Crippen molar-refractivity contribution in [2.24, 2.45) is 4.99 Å². The van der Waals surface area contributed by atoms with E-state index in [1.54, 1.807) is 0 Å². The van der Waals surface area contributed by atoms with Crippen LogP contribution >= 0.6 is 12.2 Å². The molecule has 15 heteroatoms. The van der Waals surface area contributed by atoms with Crippen molar-refractivity contribution in [3.63, 3.8) is 0 Å². The van der Waals surface area contributed by atoms with E-state index in [1.807, 2.05) is 0 Å². The molecule has 1 saturated heterocycles. The molecule has 3 heterocycles. The summed E-state index contributed by atoms with van der Waals surface area (Å²) in [5.74, 6) is -3.05. The first-order valence-corrected chi connectivity index (χ1v) is 14.2. The van der Waals surface area contributed by atoms with E-state index in [-0.39, 0.29) is 48.5 Å². The molecule has 2 N–H and O–H groups in total. The highest BCUT2D eigenvalue weighted by molar-refractivity contribution is 7.92. The average Bonchev–Trinajstić information content (AvgIpc) is 2.93. The number of amidine groups is 1. The van der Waals surface area contributed by atoms with E-state index >= 15 is 4.39 Å². The van der Waals surface area contributed by atoms with Gasteiger partial charge in [0.05, 0.1) is 51.9 Å². The van der Waals surface area contributed by atoms with Gasteiger partial charge in [0.1, 0.15) is 35.3 Å². The summed E-state index contributed by atoms with van der Waals surface area (Å²) >= 11 is 0.869. The van der Waals surface area contributed by atoms with Gasteiger partial charge in [0.15, 0.2) is 11.7 Å². The average molecular weight is 603 g/mol. The van der Waals surface area contributed by atoms with Gasteiger partial charge in [-0.2, -0.15) is 0 Å². The Kier molecular flexibility index (Phi) is 9.75. The number of rotatable bonds is 7. The van der Waals surface area contributed by atoms with E-state index in [1.165, 1.54) is 52.1 Å². The summed E-state index contributed by atoms with van der Waals surface area (Å²) in [6.07, 6.45) is 5.73. The number of halogens is 2. The van der Waals surface area contributed by atoms with E-state index < -0.39 is 39.4 Å². The standard InChI is InChI=1S/C26H24F2N6O5S2/c1-3-22(37)33-9-10-34(40-39-12-11-33)26(31-19-14-29-8-7-21(19)41(2)38)16-13-18(28)24(32-25(16)30-15-35)23-17(27)5-4-6-20(23)36/h3-8,13-15,36H,1,9-12H2,2H3,(H,30,32,35). The molecule has 41 heavy (non-hydrogen) atoms. The number of pyridine rings is 2. The number of amides is 2. The minimum Gasteiger partial charge on any atom is -0.507 e. The van der Waals surface area contributed by atoms with E-state index in [0.29, 0.717) is 17.9 Å². The molecule has 0 aliphatic carbocycles. The van der Waals surface area contributed by atoms with Crippen LogP contribution in [0.3, 0.4) is 0 Å². The predicted octanol–water partition coefficient (Wildman–Crippen LogP) is 3.42. The Bertz CT molecular complexity index is 1520. The fraction of sp³-hybridized carbons (Fsp3) is 0.192. The van der Waals surface area contributed by atoms with Crippen LogP contribution in [-0.2, 0) is 24.6 Å². The molecule has 1 aliphatic rings. The monoisotopic (exact) mass is 602 g/mol. The molecule has 1 fully saturated rings. The zero-order chi connectivity index (χ0) is 29.5. The van der Waals surface area contributed by atoms with Gasteiger partial charge in [-0.15, -0.1) is 0 Å².